The molecule has 0 spiro atoms. The fraction of sp³-hybridized carbons (Fsp3) is 0.280. The number of halogens is 3. The molecule has 0 amide bonds. The third-order valence-corrected chi connectivity index (χ3v) is 6.05. The predicted molar refractivity (Wildman–Crippen MR) is 124 cm³/mol. The number of alkyl halides is 3. The number of hydrogen-bond donors (Lipinski definition) is 1. The summed E-state index contributed by atoms with van der Waals surface area (Å²) >= 11 is 0. The van der Waals surface area contributed by atoms with Crippen LogP contribution in [0.4, 0.5) is 19.0 Å². The number of morpholine rings is 1. The maximum absolute atomic E-state index is 13.1. The summed E-state index contributed by atoms with van der Waals surface area (Å²) < 4.78 is 46.5. The van der Waals surface area contributed by atoms with Crippen molar-refractivity contribution < 1.29 is 17.9 Å². The molecule has 1 aliphatic heterocycles. The lowest BCUT2D eigenvalue weighted by Crippen LogP contribution is -2.39. The van der Waals surface area contributed by atoms with Crippen molar-refractivity contribution in [1.82, 2.24) is 14.3 Å². The molecule has 0 unspecified atom stereocenters. The molecule has 0 saturated carbocycles. The van der Waals surface area contributed by atoms with Gasteiger partial charge in [-0.25, -0.2) is 4.98 Å². The number of anilines is 1. The van der Waals surface area contributed by atoms with Gasteiger partial charge in [-0.05, 0) is 35.9 Å². The van der Waals surface area contributed by atoms with Crippen LogP contribution in [0.5, 0.6) is 0 Å². The largest absolute Gasteiger partial charge is 0.416 e. The number of hydrogen-bond acceptors (Lipinski definition) is 5. The van der Waals surface area contributed by atoms with Crippen molar-refractivity contribution in [2.24, 2.45) is 0 Å². The summed E-state index contributed by atoms with van der Waals surface area (Å²) in [6, 6.07) is 16.5. The minimum Gasteiger partial charge on any atom is -0.379 e. The van der Waals surface area contributed by atoms with Gasteiger partial charge in [0.2, 0.25) is 0 Å². The molecule has 1 N–H and O–H groups in total. The second-order valence-corrected chi connectivity index (χ2v) is 8.15. The Hall–Kier alpha value is -3.61. The lowest BCUT2D eigenvalue weighted by molar-refractivity contribution is -0.137. The third-order valence-electron chi connectivity index (χ3n) is 6.05. The number of nitrogens with zero attached hydrogens (tertiary/aromatic N) is 4. The lowest BCUT2D eigenvalue weighted by atomic mass is 10.00. The molecule has 1 saturated heterocycles. The smallest absolute Gasteiger partial charge is 0.379 e. The summed E-state index contributed by atoms with van der Waals surface area (Å²) in [6.07, 6.45) is -4.42. The molecule has 6 nitrogen and oxygen atoms in total. The van der Waals surface area contributed by atoms with Gasteiger partial charge in [-0.1, -0.05) is 24.3 Å². The molecule has 0 bridgehead atoms. The van der Waals surface area contributed by atoms with Gasteiger partial charge in [0.25, 0.3) is 0 Å². The van der Waals surface area contributed by atoms with Crippen molar-refractivity contribution in [3.05, 3.63) is 65.7 Å². The quantitative estimate of drug-likeness (QED) is 0.459. The monoisotopic (exact) mass is 465 g/mol. The van der Waals surface area contributed by atoms with E-state index in [1.807, 2.05) is 34.7 Å². The lowest BCUT2D eigenvalue weighted by Gasteiger charge is -2.26. The number of para-hydroxylation sites is 2. The molecule has 34 heavy (non-hydrogen) atoms. The average molecular weight is 465 g/mol. The molecule has 1 fully saturated rings. The molecule has 1 aliphatic rings. The number of aromatic nitrogens is 2. The summed E-state index contributed by atoms with van der Waals surface area (Å²) in [4.78, 5) is 6.99. The van der Waals surface area contributed by atoms with E-state index in [1.165, 1.54) is 12.1 Å². The predicted octanol–water partition coefficient (Wildman–Crippen LogP) is 4.79. The van der Waals surface area contributed by atoms with E-state index in [4.69, 9.17) is 4.74 Å². The Morgan fingerprint density at radius 2 is 1.79 bits per heavy atom. The van der Waals surface area contributed by atoms with Crippen molar-refractivity contribution in [3.63, 3.8) is 0 Å². The Bertz CT molecular complexity index is 1370. The first-order chi connectivity index (χ1) is 16.5. The van der Waals surface area contributed by atoms with E-state index in [0.717, 1.165) is 48.6 Å². The van der Waals surface area contributed by atoms with Gasteiger partial charge in [0.15, 0.2) is 5.65 Å². The molecule has 5 rings (SSSR count). The van der Waals surface area contributed by atoms with Crippen LogP contribution < -0.4 is 5.32 Å². The van der Waals surface area contributed by atoms with Gasteiger partial charge in [-0.2, -0.15) is 18.4 Å². The minimum absolute atomic E-state index is 0.315. The number of imidazole rings is 1. The van der Waals surface area contributed by atoms with Crippen LogP contribution >= 0.6 is 0 Å². The van der Waals surface area contributed by atoms with Gasteiger partial charge < -0.3 is 10.1 Å². The second-order valence-electron chi connectivity index (χ2n) is 8.15. The van der Waals surface area contributed by atoms with Gasteiger partial charge in [0.1, 0.15) is 17.5 Å². The summed E-state index contributed by atoms with van der Waals surface area (Å²) in [5.74, 6) is 0.728. The highest BCUT2D eigenvalue weighted by atomic mass is 19.4. The fourth-order valence-corrected chi connectivity index (χ4v) is 4.31. The highest BCUT2D eigenvalue weighted by Crippen LogP contribution is 2.35. The standard InChI is InChI=1S/C25H22F3N5O/c26-25(27,28)18-7-5-17(6-8-18)19-15-23(30-9-10-32-11-13-34-14-12-32)33-22-4-2-1-3-21(22)31-24(33)20(19)16-29/h1-8,15,30H,9-14H2. The van der Waals surface area contributed by atoms with E-state index in [-0.39, 0.29) is 0 Å². The molecule has 2 aromatic heterocycles. The van der Waals surface area contributed by atoms with Crippen molar-refractivity contribution in [2.75, 3.05) is 44.7 Å². The van der Waals surface area contributed by atoms with Crippen LogP contribution in [0, 0.1) is 11.3 Å². The van der Waals surface area contributed by atoms with Crippen LogP contribution in [0.1, 0.15) is 11.1 Å². The third kappa shape index (κ3) is 4.18. The molecule has 0 aliphatic carbocycles. The maximum atomic E-state index is 13.1. The van der Waals surface area contributed by atoms with Gasteiger partial charge in [0, 0.05) is 31.7 Å². The molecule has 0 radical (unpaired) electrons. The van der Waals surface area contributed by atoms with Crippen LogP contribution in [0.3, 0.4) is 0 Å². The Balaban J connectivity index is 1.59. The molecular weight excluding hydrogens is 443 g/mol. The highest BCUT2D eigenvalue weighted by molar-refractivity contribution is 5.89. The first-order valence-corrected chi connectivity index (χ1v) is 11.0. The van der Waals surface area contributed by atoms with E-state index < -0.39 is 11.7 Å². The molecule has 9 heteroatoms. The maximum Gasteiger partial charge on any atom is 0.416 e. The number of nitrogens with one attached hydrogen (secondary N) is 1. The van der Waals surface area contributed by atoms with Crippen molar-refractivity contribution in [1.29, 1.82) is 5.26 Å². The number of nitriles is 1. The fourth-order valence-electron chi connectivity index (χ4n) is 4.31. The normalized spacial score (nSPS) is 15.0. The van der Waals surface area contributed by atoms with Crippen LogP contribution in [0.25, 0.3) is 27.8 Å². The molecule has 174 valence electrons. The van der Waals surface area contributed by atoms with Gasteiger partial charge in [-0.3, -0.25) is 9.30 Å². The first kappa shape index (κ1) is 22.2. The van der Waals surface area contributed by atoms with Crippen molar-refractivity contribution in [3.8, 4) is 17.2 Å². The molecule has 0 atom stereocenters. The Labute approximate surface area is 194 Å². The van der Waals surface area contributed by atoms with E-state index in [2.05, 4.69) is 21.3 Å². The molecule has 4 aromatic rings. The summed E-state index contributed by atoms with van der Waals surface area (Å²) in [6.45, 7) is 4.63. The minimum atomic E-state index is -4.42. The number of fused-ring (bicyclic) bond motifs is 3. The van der Waals surface area contributed by atoms with E-state index in [1.54, 1.807) is 0 Å². The van der Waals surface area contributed by atoms with E-state index >= 15 is 0 Å². The number of rotatable bonds is 5. The van der Waals surface area contributed by atoms with E-state index in [0.29, 0.717) is 42.1 Å². The zero-order chi connectivity index (χ0) is 23.7. The Morgan fingerprint density at radius 3 is 2.50 bits per heavy atom. The van der Waals surface area contributed by atoms with Gasteiger partial charge >= 0.3 is 6.18 Å². The van der Waals surface area contributed by atoms with Crippen LogP contribution in [-0.2, 0) is 10.9 Å². The SMILES string of the molecule is N#Cc1c(-c2ccc(C(F)(F)F)cc2)cc(NCCN2CCOCC2)n2c1nc1ccccc12. The summed E-state index contributed by atoms with van der Waals surface area (Å²) in [5, 5.41) is 13.5. The molecule has 2 aromatic carbocycles. The number of pyridine rings is 1. The molecule has 3 heterocycles. The zero-order valence-corrected chi connectivity index (χ0v) is 18.3. The highest BCUT2D eigenvalue weighted by Gasteiger charge is 2.30. The topological polar surface area (TPSA) is 65.6 Å². The van der Waals surface area contributed by atoms with Gasteiger partial charge in [0.05, 0.1) is 29.8 Å². The van der Waals surface area contributed by atoms with E-state index in [9.17, 15) is 18.4 Å². The average Bonchev–Trinajstić information content (AvgIpc) is 3.24. The first-order valence-electron chi connectivity index (χ1n) is 11.0. The van der Waals surface area contributed by atoms with Crippen LogP contribution in [0.15, 0.2) is 54.6 Å². The van der Waals surface area contributed by atoms with Crippen LogP contribution in [0.2, 0.25) is 0 Å². The zero-order valence-electron chi connectivity index (χ0n) is 18.3. The second kappa shape index (κ2) is 8.97. The Kier molecular flexibility index (Phi) is 5.86. The van der Waals surface area contributed by atoms with Crippen molar-refractivity contribution in [2.45, 2.75) is 6.18 Å². The summed E-state index contributed by atoms with van der Waals surface area (Å²) in [5.41, 5.74) is 2.70. The Morgan fingerprint density at radius 1 is 1.06 bits per heavy atom. The number of benzene rings is 2. The van der Waals surface area contributed by atoms with Crippen LogP contribution in [-0.4, -0.2) is 53.7 Å². The molecular formula is C25H22F3N5O. The summed E-state index contributed by atoms with van der Waals surface area (Å²) in [7, 11) is 0. The van der Waals surface area contributed by atoms with Gasteiger partial charge in [-0.15, -0.1) is 0 Å². The van der Waals surface area contributed by atoms with Crippen molar-refractivity contribution >= 4 is 22.5 Å². The number of ether oxygens (including phenoxy) is 1.